The van der Waals surface area contributed by atoms with Crippen LogP contribution in [-0.2, 0) is 22.6 Å². The standard InChI is InChI=1S/C20H26ClN3O3S/c1-3-7-18(25)23-17(19(26)27)11-15-12-22-20(28-10-4-2)24(15)13-14-8-5-6-9-16(14)21/h5-6,8-9,12,17H,3-4,7,10-11,13H2,1-2H3,(H,23,25)(H,26,27). The van der Waals surface area contributed by atoms with Gasteiger partial charge in [-0.2, -0.15) is 0 Å². The van der Waals surface area contributed by atoms with E-state index in [-0.39, 0.29) is 12.3 Å². The van der Waals surface area contributed by atoms with E-state index in [1.54, 1.807) is 18.0 Å². The van der Waals surface area contributed by atoms with E-state index in [0.717, 1.165) is 28.6 Å². The number of carboxylic acid groups (broad SMARTS) is 1. The highest BCUT2D eigenvalue weighted by atomic mass is 35.5. The van der Waals surface area contributed by atoms with Crippen LogP contribution in [0.15, 0.2) is 35.6 Å². The topological polar surface area (TPSA) is 84.2 Å². The molecule has 8 heteroatoms. The number of aliphatic carboxylic acids is 1. The number of imidazole rings is 1. The van der Waals surface area contributed by atoms with Crippen LogP contribution in [0.4, 0.5) is 0 Å². The first-order chi connectivity index (χ1) is 13.5. The number of aromatic nitrogens is 2. The lowest BCUT2D eigenvalue weighted by atomic mass is 10.1. The molecule has 0 aliphatic rings. The predicted octanol–water partition coefficient (Wildman–Crippen LogP) is 4.00. The van der Waals surface area contributed by atoms with Gasteiger partial charge in [-0.15, -0.1) is 0 Å². The second kappa shape index (κ2) is 11.1. The Morgan fingerprint density at radius 2 is 2.04 bits per heavy atom. The van der Waals surface area contributed by atoms with Crippen LogP contribution in [0.1, 0.15) is 44.4 Å². The Bertz CT molecular complexity index is 810. The molecule has 0 aliphatic heterocycles. The Morgan fingerprint density at radius 3 is 2.68 bits per heavy atom. The number of hydrogen-bond acceptors (Lipinski definition) is 4. The maximum atomic E-state index is 11.9. The molecule has 2 N–H and O–H groups in total. The third-order valence-corrected chi connectivity index (χ3v) is 5.71. The summed E-state index contributed by atoms with van der Waals surface area (Å²) in [6.07, 6.45) is 3.83. The summed E-state index contributed by atoms with van der Waals surface area (Å²) in [5.41, 5.74) is 1.69. The number of carbonyl (C=O) groups is 2. The highest BCUT2D eigenvalue weighted by Gasteiger charge is 2.23. The van der Waals surface area contributed by atoms with Crippen molar-refractivity contribution in [2.45, 2.75) is 57.3 Å². The van der Waals surface area contributed by atoms with Crippen molar-refractivity contribution in [2.75, 3.05) is 5.75 Å². The summed E-state index contributed by atoms with van der Waals surface area (Å²) in [6, 6.07) is 6.57. The third kappa shape index (κ3) is 6.27. The van der Waals surface area contributed by atoms with Gasteiger partial charge in [0, 0.05) is 35.5 Å². The number of halogens is 1. The van der Waals surface area contributed by atoms with Gasteiger partial charge in [0.25, 0.3) is 0 Å². The molecule has 6 nitrogen and oxygen atoms in total. The van der Waals surface area contributed by atoms with Crippen molar-refractivity contribution in [1.29, 1.82) is 0 Å². The van der Waals surface area contributed by atoms with Crippen LogP contribution in [0, 0.1) is 0 Å². The zero-order valence-corrected chi connectivity index (χ0v) is 17.7. The molecule has 28 heavy (non-hydrogen) atoms. The van der Waals surface area contributed by atoms with E-state index in [1.807, 2.05) is 35.8 Å². The van der Waals surface area contributed by atoms with Gasteiger partial charge < -0.3 is 15.0 Å². The molecule has 2 rings (SSSR count). The van der Waals surface area contributed by atoms with E-state index in [9.17, 15) is 14.7 Å². The average molecular weight is 424 g/mol. The first kappa shape index (κ1) is 22.3. The Balaban J connectivity index is 2.29. The lowest BCUT2D eigenvalue weighted by molar-refractivity contribution is -0.141. The quantitative estimate of drug-likeness (QED) is 0.533. The van der Waals surface area contributed by atoms with E-state index in [1.165, 1.54) is 0 Å². The van der Waals surface area contributed by atoms with Gasteiger partial charge in [0.05, 0.1) is 6.54 Å². The van der Waals surface area contributed by atoms with Gasteiger partial charge in [-0.05, 0) is 24.5 Å². The molecule has 0 fully saturated rings. The molecule has 2 aromatic rings. The number of rotatable bonds is 11. The van der Waals surface area contributed by atoms with E-state index in [4.69, 9.17) is 11.6 Å². The molecule has 1 atom stereocenters. The lowest BCUT2D eigenvalue weighted by Gasteiger charge is -2.17. The zero-order chi connectivity index (χ0) is 20.5. The van der Waals surface area contributed by atoms with Crippen LogP contribution in [0.2, 0.25) is 5.02 Å². The Hall–Kier alpha value is -1.99. The van der Waals surface area contributed by atoms with Crippen LogP contribution in [0.25, 0.3) is 0 Å². The molecule has 0 saturated heterocycles. The maximum absolute atomic E-state index is 11.9. The number of carboxylic acids is 1. The van der Waals surface area contributed by atoms with Crippen molar-refractivity contribution in [3.8, 4) is 0 Å². The number of thioether (sulfide) groups is 1. The monoisotopic (exact) mass is 423 g/mol. The van der Waals surface area contributed by atoms with Crippen LogP contribution >= 0.6 is 23.4 Å². The number of amides is 1. The number of benzene rings is 1. The van der Waals surface area contributed by atoms with Gasteiger partial charge in [-0.3, -0.25) is 4.79 Å². The summed E-state index contributed by atoms with van der Waals surface area (Å²) in [7, 11) is 0. The third-order valence-electron chi connectivity index (χ3n) is 4.15. The highest BCUT2D eigenvalue weighted by Crippen LogP contribution is 2.24. The molecule has 0 spiro atoms. The van der Waals surface area contributed by atoms with Crippen LogP contribution < -0.4 is 5.32 Å². The summed E-state index contributed by atoms with van der Waals surface area (Å²) < 4.78 is 1.99. The molecule has 0 bridgehead atoms. The van der Waals surface area contributed by atoms with Crippen LogP contribution in [0.5, 0.6) is 0 Å². The summed E-state index contributed by atoms with van der Waals surface area (Å²) in [6.45, 7) is 4.47. The molecule has 1 aromatic carbocycles. The second-order valence-corrected chi connectivity index (χ2v) is 7.94. The highest BCUT2D eigenvalue weighted by molar-refractivity contribution is 7.99. The Morgan fingerprint density at radius 1 is 1.29 bits per heavy atom. The smallest absolute Gasteiger partial charge is 0.326 e. The van der Waals surface area contributed by atoms with E-state index in [2.05, 4.69) is 17.2 Å². The molecule has 1 heterocycles. The minimum atomic E-state index is -1.06. The largest absolute Gasteiger partial charge is 0.480 e. The van der Waals surface area contributed by atoms with Gasteiger partial charge in [-0.1, -0.05) is 55.4 Å². The minimum Gasteiger partial charge on any atom is -0.480 e. The number of hydrogen-bond donors (Lipinski definition) is 2. The zero-order valence-electron chi connectivity index (χ0n) is 16.2. The predicted molar refractivity (Wildman–Crippen MR) is 112 cm³/mol. The minimum absolute atomic E-state index is 0.162. The van der Waals surface area contributed by atoms with Crippen molar-refractivity contribution >= 4 is 35.2 Å². The van der Waals surface area contributed by atoms with E-state index >= 15 is 0 Å². The second-order valence-electron chi connectivity index (χ2n) is 6.47. The van der Waals surface area contributed by atoms with Crippen molar-refractivity contribution in [1.82, 2.24) is 14.9 Å². The first-order valence-electron chi connectivity index (χ1n) is 9.39. The van der Waals surface area contributed by atoms with Crippen molar-refractivity contribution < 1.29 is 14.7 Å². The number of nitrogens with zero attached hydrogens (tertiary/aromatic N) is 2. The van der Waals surface area contributed by atoms with Gasteiger partial charge >= 0.3 is 5.97 Å². The summed E-state index contributed by atoms with van der Waals surface area (Å²) in [5, 5.41) is 13.6. The first-order valence-corrected chi connectivity index (χ1v) is 10.7. The van der Waals surface area contributed by atoms with Gasteiger partial charge in [-0.25, -0.2) is 9.78 Å². The fourth-order valence-corrected chi connectivity index (χ4v) is 3.78. The van der Waals surface area contributed by atoms with Gasteiger partial charge in [0.15, 0.2) is 5.16 Å². The van der Waals surface area contributed by atoms with Crippen molar-refractivity contribution in [3.05, 3.63) is 46.7 Å². The molecule has 0 aliphatic carbocycles. The normalized spacial score (nSPS) is 12.0. The molecule has 1 aromatic heterocycles. The van der Waals surface area contributed by atoms with Gasteiger partial charge in [0.2, 0.25) is 5.91 Å². The van der Waals surface area contributed by atoms with Gasteiger partial charge in [0.1, 0.15) is 6.04 Å². The molecular weight excluding hydrogens is 398 g/mol. The molecular formula is C20H26ClN3O3S. The summed E-state index contributed by atoms with van der Waals surface area (Å²) >= 11 is 7.94. The summed E-state index contributed by atoms with van der Waals surface area (Å²) in [4.78, 5) is 28.1. The average Bonchev–Trinajstić information content (AvgIpc) is 3.03. The Kier molecular flexibility index (Phi) is 8.86. The molecule has 1 amide bonds. The van der Waals surface area contributed by atoms with Crippen LogP contribution in [-0.4, -0.2) is 38.3 Å². The molecule has 1 unspecified atom stereocenters. The summed E-state index contributed by atoms with van der Waals surface area (Å²) in [5.74, 6) is -0.403. The fraction of sp³-hybridized carbons (Fsp3) is 0.450. The fourth-order valence-electron chi connectivity index (χ4n) is 2.73. The lowest BCUT2D eigenvalue weighted by Crippen LogP contribution is -2.42. The molecule has 0 radical (unpaired) electrons. The number of carbonyl (C=O) groups excluding carboxylic acids is 1. The van der Waals surface area contributed by atoms with Crippen molar-refractivity contribution in [3.63, 3.8) is 0 Å². The SMILES string of the molecule is CCCSc1ncc(CC(NC(=O)CCC)C(=O)O)n1Cc1ccccc1Cl. The molecule has 0 saturated carbocycles. The van der Waals surface area contributed by atoms with E-state index < -0.39 is 12.0 Å². The number of nitrogens with one attached hydrogen (secondary N) is 1. The van der Waals surface area contributed by atoms with Crippen molar-refractivity contribution in [2.24, 2.45) is 0 Å². The Labute approximate surface area is 174 Å². The molecule has 152 valence electrons. The van der Waals surface area contributed by atoms with Crippen LogP contribution in [0.3, 0.4) is 0 Å². The van der Waals surface area contributed by atoms with E-state index in [0.29, 0.717) is 24.4 Å². The maximum Gasteiger partial charge on any atom is 0.326 e.